The van der Waals surface area contributed by atoms with Gasteiger partial charge in [-0.05, 0) is 90.5 Å². The highest BCUT2D eigenvalue weighted by molar-refractivity contribution is 5.78. The molecule has 0 saturated heterocycles. The van der Waals surface area contributed by atoms with Crippen LogP contribution in [0.5, 0.6) is 0 Å². The average molecular weight is 488 g/mol. The lowest BCUT2D eigenvalue weighted by Gasteiger charge is -2.34. The van der Waals surface area contributed by atoms with Crippen molar-refractivity contribution in [2.24, 2.45) is 0 Å². The molecule has 3 rings (SSSR count). The van der Waals surface area contributed by atoms with Crippen molar-refractivity contribution in [2.45, 2.75) is 84.7 Å². The van der Waals surface area contributed by atoms with Crippen LogP contribution < -0.4 is 5.48 Å². The molecule has 3 aromatic rings. The standard InChI is InChI=1S/C32H41NO3/c1-6-29(34)17-14-25-13-15-27(19-22(25)4)32(7-2,8-3)28-16-18-30(23(5)20-28)26-11-9-24(10-12-26)21-31(35)33-36/h9-13,15-16,18-20,29,34,36H,6-8,14,17,21H2,1-5H3,(H,33,35)/t29-/m1/s1. The highest BCUT2D eigenvalue weighted by Gasteiger charge is 2.31. The van der Waals surface area contributed by atoms with Crippen molar-refractivity contribution in [3.05, 3.63) is 94.0 Å². The molecule has 0 aliphatic carbocycles. The zero-order valence-electron chi connectivity index (χ0n) is 22.4. The molecule has 1 atom stereocenters. The van der Waals surface area contributed by atoms with Gasteiger partial charge < -0.3 is 5.11 Å². The predicted molar refractivity (Wildman–Crippen MR) is 147 cm³/mol. The Morgan fingerprint density at radius 2 is 1.50 bits per heavy atom. The van der Waals surface area contributed by atoms with E-state index in [0.29, 0.717) is 0 Å². The minimum absolute atomic E-state index is 0.0585. The third kappa shape index (κ3) is 6.05. The van der Waals surface area contributed by atoms with Crippen LogP contribution in [-0.2, 0) is 23.1 Å². The van der Waals surface area contributed by atoms with Gasteiger partial charge >= 0.3 is 0 Å². The summed E-state index contributed by atoms with van der Waals surface area (Å²) in [5, 5.41) is 18.7. The third-order valence-corrected chi connectivity index (χ3v) is 7.85. The summed E-state index contributed by atoms with van der Waals surface area (Å²) in [5.74, 6) is -0.416. The van der Waals surface area contributed by atoms with Gasteiger partial charge in [0.05, 0.1) is 12.5 Å². The van der Waals surface area contributed by atoms with Gasteiger partial charge in [0.1, 0.15) is 0 Å². The van der Waals surface area contributed by atoms with Crippen LogP contribution in [0.4, 0.5) is 0 Å². The summed E-state index contributed by atoms with van der Waals surface area (Å²) >= 11 is 0. The third-order valence-electron chi connectivity index (χ3n) is 7.85. The molecule has 1 amide bonds. The quantitative estimate of drug-likeness (QED) is 0.205. The minimum Gasteiger partial charge on any atom is -0.393 e. The number of aliphatic hydroxyl groups is 1. The van der Waals surface area contributed by atoms with Crippen LogP contribution in [0, 0.1) is 13.8 Å². The normalized spacial score (nSPS) is 12.4. The van der Waals surface area contributed by atoms with Crippen LogP contribution in [0.15, 0.2) is 60.7 Å². The molecule has 0 unspecified atom stereocenters. The molecule has 0 heterocycles. The lowest BCUT2D eigenvalue weighted by molar-refractivity contribution is -0.128. The second-order valence-electron chi connectivity index (χ2n) is 9.97. The van der Waals surface area contributed by atoms with Crippen molar-refractivity contribution in [1.82, 2.24) is 5.48 Å². The van der Waals surface area contributed by atoms with Gasteiger partial charge in [-0.2, -0.15) is 0 Å². The molecular weight excluding hydrogens is 446 g/mol. The highest BCUT2D eigenvalue weighted by Crippen LogP contribution is 2.41. The van der Waals surface area contributed by atoms with Crippen molar-refractivity contribution in [2.75, 3.05) is 0 Å². The second kappa shape index (κ2) is 12.3. The topological polar surface area (TPSA) is 69.6 Å². The van der Waals surface area contributed by atoms with Crippen molar-refractivity contribution in [3.63, 3.8) is 0 Å². The van der Waals surface area contributed by atoms with Crippen molar-refractivity contribution in [3.8, 4) is 11.1 Å². The van der Waals surface area contributed by atoms with Crippen LogP contribution in [0.2, 0.25) is 0 Å². The van der Waals surface area contributed by atoms with Gasteiger partial charge in [-0.1, -0.05) is 81.4 Å². The molecule has 192 valence electrons. The summed E-state index contributed by atoms with van der Waals surface area (Å²) in [7, 11) is 0. The van der Waals surface area contributed by atoms with E-state index in [4.69, 9.17) is 5.21 Å². The Bertz CT molecular complexity index is 1160. The summed E-state index contributed by atoms with van der Waals surface area (Å²) in [6.07, 6.45) is 4.46. The van der Waals surface area contributed by atoms with Gasteiger partial charge in [0.15, 0.2) is 0 Å². The fourth-order valence-corrected chi connectivity index (χ4v) is 5.35. The van der Waals surface area contributed by atoms with E-state index in [0.717, 1.165) is 43.2 Å². The molecule has 0 bridgehead atoms. The maximum Gasteiger partial charge on any atom is 0.247 e. The van der Waals surface area contributed by atoms with E-state index in [2.05, 4.69) is 64.1 Å². The van der Waals surface area contributed by atoms with E-state index in [-0.39, 0.29) is 17.9 Å². The van der Waals surface area contributed by atoms with E-state index in [1.54, 1.807) is 5.48 Å². The van der Waals surface area contributed by atoms with E-state index in [9.17, 15) is 9.90 Å². The fraction of sp³-hybridized carbons (Fsp3) is 0.406. The molecule has 0 fully saturated rings. The number of benzene rings is 3. The number of carbonyl (C=O) groups is 1. The van der Waals surface area contributed by atoms with Gasteiger partial charge in [-0.15, -0.1) is 0 Å². The summed E-state index contributed by atoms with van der Waals surface area (Å²) in [4.78, 5) is 11.4. The molecule has 0 aliphatic heterocycles. The van der Waals surface area contributed by atoms with Crippen molar-refractivity contribution < 1.29 is 15.1 Å². The number of aliphatic hydroxyl groups excluding tert-OH is 1. The Kier molecular flexibility index (Phi) is 9.47. The zero-order chi connectivity index (χ0) is 26.3. The first-order valence-electron chi connectivity index (χ1n) is 13.2. The second-order valence-corrected chi connectivity index (χ2v) is 9.97. The molecule has 3 N–H and O–H groups in total. The number of aryl methyl sites for hydroxylation is 3. The lowest BCUT2D eigenvalue weighted by Crippen LogP contribution is -2.26. The number of hydrogen-bond donors (Lipinski definition) is 3. The first-order valence-corrected chi connectivity index (χ1v) is 13.2. The number of nitrogens with one attached hydrogen (secondary N) is 1. The molecule has 4 heteroatoms. The summed E-state index contributed by atoms with van der Waals surface area (Å²) < 4.78 is 0. The zero-order valence-corrected chi connectivity index (χ0v) is 22.4. The summed E-state index contributed by atoms with van der Waals surface area (Å²) in [6, 6.07) is 21.6. The Morgan fingerprint density at radius 1 is 0.889 bits per heavy atom. The van der Waals surface area contributed by atoms with Crippen molar-refractivity contribution in [1.29, 1.82) is 0 Å². The minimum atomic E-state index is -0.416. The van der Waals surface area contributed by atoms with Crippen LogP contribution in [0.3, 0.4) is 0 Å². The maximum atomic E-state index is 11.4. The molecule has 36 heavy (non-hydrogen) atoms. The Labute approximate surface area is 216 Å². The molecule has 0 radical (unpaired) electrons. The SMILES string of the molecule is CC[C@@H](O)CCc1ccc(C(CC)(CC)c2ccc(-c3ccc(CC(=O)NO)cc3)c(C)c2)cc1C. The van der Waals surface area contributed by atoms with Crippen molar-refractivity contribution >= 4 is 5.91 Å². The fourth-order valence-electron chi connectivity index (χ4n) is 5.35. The number of hydroxylamine groups is 1. The largest absolute Gasteiger partial charge is 0.393 e. The monoisotopic (exact) mass is 487 g/mol. The van der Waals surface area contributed by atoms with E-state index < -0.39 is 5.91 Å². The molecule has 0 aromatic heterocycles. The number of hydrogen-bond acceptors (Lipinski definition) is 3. The molecule has 0 spiro atoms. The van der Waals surface area contributed by atoms with Gasteiger partial charge in [-0.25, -0.2) is 5.48 Å². The molecule has 3 aromatic carbocycles. The summed E-state index contributed by atoms with van der Waals surface area (Å²) in [5.41, 5.74) is 11.3. The Hall–Kier alpha value is -2.95. The van der Waals surface area contributed by atoms with E-state index in [1.165, 1.54) is 33.4 Å². The average Bonchev–Trinajstić information content (AvgIpc) is 2.89. The first kappa shape index (κ1) is 27.6. The smallest absolute Gasteiger partial charge is 0.247 e. The van der Waals surface area contributed by atoms with Crippen LogP contribution >= 0.6 is 0 Å². The predicted octanol–water partition coefficient (Wildman–Crippen LogP) is 6.83. The van der Waals surface area contributed by atoms with E-state index >= 15 is 0 Å². The van der Waals surface area contributed by atoms with Crippen LogP contribution in [0.1, 0.15) is 79.8 Å². The summed E-state index contributed by atoms with van der Waals surface area (Å²) in [6.45, 7) is 10.9. The first-order chi connectivity index (χ1) is 17.3. The molecule has 0 saturated carbocycles. The number of amides is 1. The van der Waals surface area contributed by atoms with Crippen LogP contribution in [0.25, 0.3) is 11.1 Å². The van der Waals surface area contributed by atoms with Gasteiger partial charge in [-0.3, -0.25) is 10.0 Å². The molecular formula is C32H41NO3. The molecule has 0 aliphatic rings. The van der Waals surface area contributed by atoms with Gasteiger partial charge in [0.2, 0.25) is 5.91 Å². The van der Waals surface area contributed by atoms with Gasteiger partial charge in [0.25, 0.3) is 0 Å². The van der Waals surface area contributed by atoms with Gasteiger partial charge in [0, 0.05) is 5.41 Å². The Balaban J connectivity index is 1.91. The maximum absolute atomic E-state index is 11.4. The Morgan fingerprint density at radius 3 is 2.03 bits per heavy atom. The highest BCUT2D eigenvalue weighted by atomic mass is 16.5. The number of rotatable bonds is 11. The lowest BCUT2D eigenvalue weighted by atomic mass is 9.69. The van der Waals surface area contributed by atoms with E-state index in [1.807, 2.05) is 31.2 Å². The van der Waals surface area contributed by atoms with Crippen LogP contribution in [-0.4, -0.2) is 22.3 Å². The number of carbonyl (C=O) groups excluding carboxylic acids is 1. The molecule has 4 nitrogen and oxygen atoms in total.